The van der Waals surface area contributed by atoms with E-state index in [1.54, 1.807) is 19.1 Å². The molecule has 6 nitrogen and oxygen atoms in total. The van der Waals surface area contributed by atoms with Crippen LogP contribution >= 0.6 is 22.9 Å². The fourth-order valence-corrected chi connectivity index (χ4v) is 2.19. The Hall–Kier alpha value is -1.73. The molecule has 1 N–H and O–H groups in total. The number of rotatable bonds is 5. The van der Waals surface area contributed by atoms with Gasteiger partial charge >= 0.3 is 5.97 Å². The van der Waals surface area contributed by atoms with E-state index in [-0.39, 0.29) is 5.69 Å². The summed E-state index contributed by atoms with van der Waals surface area (Å²) in [5.74, 6) is 0.384. The highest BCUT2D eigenvalue weighted by atomic mass is 35.5. The number of carbonyl (C=O) groups is 1. The molecule has 2 aromatic rings. The highest BCUT2D eigenvalue weighted by Gasteiger charge is 2.09. The van der Waals surface area contributed by atoms with Crippen molar-refractivity contribution in [2.45, 2.75) is 12.8 Å². The van der Waals surface area contributed by atoms with Crippen LogP contribution in [-0.2, 0) is 10.6 Å². The van der Waals surface area contributed by atoms with Gasteiger partial charge in [-0.15, -0.1) is 33.1 Å². The molecule has 0 bridgehead atoms. The van der Waals surface area contributed by atoms with Crippen molar-refractivity contribution in [3.63, 3.8) is 0 Å². The van der Waals surface area contributed by atoms with Gasteiger partial charge in [0.2, 0.25) is 0 Å². The van der Waals surface area contributed by atoms with E-state index < -0.39 is 5.97 Å². The molecule has 0 aliphatic heterocycles. The maximum atomic E-state index is 11.4. The van der Waals surface area contributed by atoms with Crippen LogP contribution in [0.25, 0.3) is 0 Å². The lowest BCUT2D eigenvalue weighted by Gasteiger charge is -2.02. The van der Waals surface area contributed by atoms with Gasteiger partial charge in [-0.25, -0.2) is 9.78 Å². The van der Waals surface area contributed by atoms with Crippen molar-refractivity contribution in [1.29, 1.82) is 0 Å². The summed E-state index contributed by atoms with van der Waals surface area (Å²) >= 11 is 7.09. The largest absolute Gasteiger partial charge is 0.461 e. The van der Waals surface area contributed by atoms with Gasteiger partial charge in [0.05, 0.1) is 18.2 Å². The molecule has 2 rings (SSSR count). The van der Waals surface area contributed by atoms with E-state index in [1.165, 1.54) is 11.3 Å². The number of halogens is 1. The molecule has 0 aromatic carbocycles. The normalized spacial score (nSPS) is 10.2. The maximum absolute atomic E-state index is 11.4. The quantitative estimate of drug-likeness (QED) is 0.675. The van der Waals surface area contributed by atoms with Crippen LogP contribution in [-0.4, -0.2) is 27.8 Å². The lowest BCUT2D eigenvalue weighted by molar-refractivity contribution is 0.0518. The zero-order valence-corrected chi connectivity index (χ0v) is 11.7. The molecule has 0 aliphatic rings. The molecular weight excluding hydrogens is 288 g/mol. The predicted molar refractivity (Wildman–Crippen MR) is 72.9 cm³/mol. The summed E-state index contributed by atoms with van der Waals surface area (Å²) in [4.78, 5) is 15.6. The fourth-order valence-electron chi connectivity index (χ4n) is 1.25. The summed E-state index contributed by atoms with van der Waals surface area (Å²) in [6.45, 7) is 2.04. The first-order chi connectivity index (χ1) is 9.22. The Morgan fingerprint density at radius 1 is 1.47 bits per heavy atom. The van der Waals surface area contributed by atoms with Crippen molar-refractivity contribution in [1.82, 2.24) is 15.2 Å². The lowest BCUT2D eigenvalue weighted by atomic mass is 10.4. The van der Waals surface area contributed by atoms with Gasteiger partial charge in [0, 0.05) is 5.38 Å². The van der Waals surface area contributed by atoms with Gasteiger partial charge in [-0.05, 0) is 19.1 Å². The number of hydrogen-bond acceptors (Lipinski definition) is 7. The molecule has 0 saturated carbocycles. The molecule has 0 aliphatic carbocycles. The molecule has 0 radical (unpaired) electrons. The van der Waals surface area contributed by atoms with Crippen molar-refractivity contribution in [3.05, 3.63) is 28.9 Å². The van der Waals surface area contributed by atoms with Crippen molar-refractivity contribution < 1.29 is 9.53 Å². The van der Waals surface area contributed by atoms with Crippen molar-refractivity contribution in [2.75, 3.05) is 11.9 Å². The summed E-state index contributed by atoms with van der Waals surface area (Å²) in [6.07, 6.45) is 0. The number of alkyl halides is 1. The number of nitrogens with zero attached hydrogens (tertiary/aromatic N) is 3. The summed E-state index contributed by atoms with van der Waals surface area (Å²) in [5.41, 5.74) is 0.971. The molecule has 0 fully saturated rings. The van der Waals surface area contributed by atoms with Crippen LogP contribution in [0.1, 0.15) is 23.1 Å². The topological polar surface area (TPSA) is 77.0 Å². The van der Waals surface area contributed by atoms with Crippen LogP contribution in [0, 0.1) is 0 Å². The number of anilines is 2. The molecule has 0 atom stereocenters. The second-order valence-electron chi connectivity index (χ2n) is 3.43. The van der Waals surface area contributed by atoms with Gasteiger partial charge in [0.1, 0.15) is 0 Å². The Labute approximate surface area is 118 Å². The number of nitrogens with one attached hydrogen (secondary N) is 1. The third-order valence-corrected chi connectivity index (χ3v) is 3.15. The van der Waals surface area contributed by atoms with Crippen molar-refractivity contribution in [3.8, 4) is 0 Å². The van der Waals surface area contributed by atoms with E-state index in [0.717, 1.165) is 5.69 Å². The average Bonchev–Trinajstić information content (AvgIpc) is 2.87. The van der Waals surface area contributed by atoms with E-state index >= 15 is 0 Å². The third kappa shape index (κ3) is 3.62. The number of ether oxygens (including phenoxy) is 1. The first-order valence-electron chi connectivity index (χ1n) is 5.51. The minimum Gasteiger partial charge on any atom is -0.461 e. The van der Waals surface area contributed by atoms with Crippen LogP contribution in [0.4, 0.5) is 10.9 Å². The highest BCUT2D eigenvalue weighted by molar-refractivity contribution is 7.13. The molecule has 8 heteroatoms. The summed E-state index contributed by atoms with van der Waals surface area (Å²) in [6, 6.07) is 3.18. The Balaban J connectivity index is 2.04. The fraction of sp³-hybridized carbons (Fsp3) is 0.273. The SMILES string of the molecule is CCOC(=O)c1ccc(Nc2nc(CCl)cs2)nn1. The molecule has 0 unspecified atom stereocenters. The molecular formula is C11H11ClN4O2S. The van der Waals surface area contributed by atoms with Crippen LogP contribution < -0.4 is 5.32 Å². The number of aromatic nitrogens is 3. The molecule has 0 saturated heterocycles. The van der Waals surface area contributed by atoms with Crippen LogP contribution in [0.15, 0.2) is 17.5 Å². The molecule has 0 spiro atoms. The second-order valence-corrected chi connectivity index (χ2v) is 4.55. The van der Waals surface area contributed by atoms with Gasteiger partial charge in [-0.3, -0.25) is 0 Å². The third-order valence-electron chi connectivity index (χ3n) is 2.07. The van der Waals surface area contributed by atoms with Crippen LogP contribution in [0.2, 0.25) is 0 Å². The Bertz CT molecular complexity index is 558. The number of hydrogen-bond donors (Lipinski definition) is 1. The Morgan fingerprint density at radius 2 is 2.32 bits per heavy atom. The minimum absolute atomic E-state index is 0.174. The second kappa shape index (κ2) is 6.44. The lowest BCUT2D eigenvalue weighted by Crippen LogP contribution is -2.08. The van der Waals surface area contributed by atoms with Crippen LogP contribution in [0.3, 0.4) is 0 Å². The summed E-state index contributed by atoms with van der Waals surface area (Å²) in [5, 5.41) is 13.2. The zero-order chi connectivity index (χ0) is 13.7. The predicted octanol–water partition coefficient (Wildman–Crippen LogP) is 2.59. The Kier molecular flexibility index (Phi) is 4.64. The monoisotopic (exact) mass is 298 g/mol. The smallest absolute Gasteiger partial charge is 0.358 e. The van der Waals surface area contributed by atoms with Crippen LogP contribution in [0.5, 0.6) is 0 Å². The number of carbonyl (C=O) groups excluding carboxylic acids is 1. The van der Waals surface area contributed by atoms with E-state index in [9.17, 15) is 4.79 Å². The van der Waals surface area contributed by atoms with E-state index in [4.69, 9.17) is 16.3 Å². The molecule has 100 valence electrons. The Morgan fingerprint density at radius 3 is 2.89 bits per heavy atom. The van der Waals surface area contributed by atoms with Gasteiger partial charge in [0.25, 0.3) is 0 Å². The van der Waals surface area contributed by atoms with Crippen molar-refractivity contribution in [2.24, 2.45) is 0 Å². The maximum Gasteiger partial charge on any atom is 0.358 e. The van der Waals surface area contributed by atoms with E-state index in [0.29, 0.717) is 23.4 Å². The zero-order valence-electron chi connectivity index (χ0n) is 10.1. The molecule has 19 heavy (non-hydrogen) atoms. The number of esters is 1. The number of thiazole rings is 1. The van der Waals surface area contributed by atoms with E-state index in [1.807, 2.05) is 5.38 Å². The summed E-state index contributed by atoms with van der Waals surface area (Å²) < 4.78 is 4.82. The standard InChI is InChI=1S/C11H11ClN4O2S/c1-2-18-10(17)8-3-4-9(16-15-8)14-11-13-7(5-12)6-19-11/h3-4,6H,2,5H2,1H3,(H,13,14,16). The van der Waals surface area contributed by atoms with E-state index in [2.05, 4.69) is 20.5 Å². The van der Waals surface area contributed by atoms with Gasteiger partial charge < -0.3 is 10.1 Å². The first kappa shape index (κ1) is 13.7. The molecule has 2 aromatic heterocycles. The summed E-state index contributed by atoms with van der Waals surface area (Å²) in [7, 11) is 0. The molecule has 0 amide bonds. The minimum atomic E-state index is -0.486. The highest BCUT2D eigenvalue weighted by Crippen LogP contribution is 2.20. The van der Waals surface area contributed by atoms with Gasteiger partial charge in [-0.1, -0.05) is 0 Å². The van der Waals surface area contributed by atoms with Gasteiger partial charge in [0.15, 0.2) is 16.6 Å². The first-order valence-corrected chi connectivity index (χ1v) is 6.92. The van der Waals surface area contributed by atoms with Gasteiger partial charge in [-0.2, -0.15) is 0 Å². The molecule has 2 heterocycles. The van der Waals surface area contributed by atoms with Crippen molar-refractivity contribution >= 4 is 39.9 Å². The average molecular weight is 299 g/mol.